The molecule has 3 N–H and O–H groups in total. The molecular weight excluding hydrogens is 380 g/mol. The van der Waals surface area contributed by atoms with Gasteiger partial charge in [-0.25, -0.2) is 8.42 Å². The van der Waals surface area contributed by atoms with E-state index in [-0.39, 0.29) is 10.5 Å². The number of hydrogen-bond acceptors (Lipinski definition) is 6. The Bertz CT molecular complexity index is 1130. The smallest absolute Gasteiger partial charge is 0.242 e. The number of benzene rings is 2. The topological polar surface area (TPSA) is 120 Å². The van der Waals surface area contributed by atoms with Crippen molar-refractivity contribution in [2.75, 3.05) is 7.11 Å². The maximum absolute atomic E-state index is 13.3. The maximum atomic E-state index is 13.3. The molecule has 146 valence electrons. The molecule has 0 aliphatic carbocycles. The SMILES string of the molecule is COc1ccc(S(=O)(=O)C(C)(C(N)=O)C(O)c2ccc3ncccc3c2)cc1. The molecule has 8 heteroatoms. The van der Waals surface area contributed by atoms with E-state index in [4.69, 9.17) is 10.5 Å². The Labute approximate surface area is 162 Å². The molecule has 0 saturated heterocycles. The van der Waals surface area contributed by atoms with Crippen LogP contribution >= 0.6 is 0 Å². The lowest BCUT2D eigenvalue weighted by atomic mass is 9.95. The Balaban J connectivity index is 2.12. The first-order chi connectivity index (χ1) is 13.2. The molecule has 1 aromatic heterocycles. The van der Waals surface area contributed by atoms with E-state index in [0.29, 0.717) is 16.7 Å². The van der Waals surface area contributed by atoms with Crippen molar-refractivity contribution in [2.45, 2.75) is 22.7 Å². The molecular formula is C20H20N2O5S. The van der Waals surface area contributed by atoms with Gasteiger partial charge in [0.2, 0.25) is 5.91 Å². The number of carbonyl (C=O) groups is 1. The van der Waals surface area contributed by atoms with Gasteiger partial charge in [0.15, 0.2) is 14.6 Å². The van der Waals surface area contributed by atoms with Gasteiger partial charge < -0.3 is 15.6 Å². The van der Waals surface area contributed by atoms with Crippen molar-refractivity contribution in [3.63, 3.8) is 0 Å². The van der Waals surface area contributed by atoms with Crippen molar-refractivity contribution >= 4 is 26.6 Å². The summed E-state index contributed by atoms with van der Waals surface area (Å²) >= 11 is 0. The molecule has 2 atom stereocenters. The van der Waals surface area contributed by atoms with Crippen LogP contribution in [0.1, 0.15) is 18.6 Å². The molecule has 3 aromatic rings. The van der Waals surface area contributed by atoms with Crippen LogP contribution in [0.2, 0.25) is 0 Å². The lowest BCUT2D eigenvalue weighted by molar-refractivity contribution is -0.123. The number of aliphatic hydroxyl groups is 1. The number of fused-ring (bicyclic) bond motifs is 1. The Kier molecular flexibility index (Phi) is 5.10. The predicted molar refractivity (Wildman–Crippen MR) is 104 cm³/mol. The Morgan fingerprint density at radius 3 is 2.46 bits per heavy atom. The fraction of sp³-hybridized carbons (Fsp3) is 0.200. The van der Waals surface area contributed by atoms with E-state index in [1.54, 1.807) is 30.5 Å². The number of pyridine rings is 1. The molecule has 0 bridgehead atoms. The number of rotatable bonds is 6. The fourth-order valence-corrected chi connectivity index (χ4v) is 4.67. The van der Waals surface area contributed by atoms with Gasteiger partial charge in [-0.3, -0.25) is 9.78 Å². The van der Waals surface area contributed by atoms with Gasteiger partial charge in [0.1, 0.15) is 11.9 Å². The second-order valence-corrected chi connectivity index (χ2v) is 8.83. The first kappa shape index (κ1) is 19.8. The number of carbonyl (C=O) groups excluding carboxylic acids is 1. The van der Waals surface area contributed by atoms with Crippen molar-refractivity contribution in [3.8, 4) is 5.75 Å². The van der Waals surface area contributed by atoms with Gasteiger partial charge in [-0.1, -0.05) is 12.1 Å². The second-order valence-electron chi connectivity index (χ2n) is 6.51. The van der Waals surface area contributed by atoms with Crippen molar-refractivity contribution in [1.29, 1.82) is 0 Å². The minimum atomic E-state index is -4.32. The lowest BCUT2D eigenvalue weighted by Crippen LogP contribution is -2.52. The fourth-order valence-electron chi connectivity index (χ4n) is 3.00. The number of nitrogens with zero attached hydrogens (tertiary/aromatic N) is 1. The van der Waals surface area contributed by atoms with Crippen LogP contribution in [0.25, 0.3) is 10.9 Å². The number of amides is 1. The quantitative estimate of drug-likeness (QED) is 0.653. The third-order valence-corrected chi connectivity index (χ3v) is 7.32. The first-order valence-electron chi connectivity index (χ1n) is 8.43. The normalized spacial score (nSPS) is 15.0. The molecule has 28 heavy (non-hydrogen) atoms. The van der Waals surface area contributed by atoms with Crippen molar-refractivity contribution < 1.29 is 23.1 Å². The van der Waals surface area contributed by atoms with Gasteiger partial charge in [-0.15, -0.1) is 0 Å². The molecule has 0 aliphatic heterocycles. The van der Waals surface area contributed by atoms with Crippen LogP contribution in [0.5, 0.6) is 5.75 Å². The molecule has 0 saturated carbocycles. The molecule has 1 amide bonds. The Morgan fingerprint density at radius 1 is 1.18 bits per heavy atom. The zero-order valence-corrected chi connectivity index (χ0v) is 16.2. The van der Waals surface area contributed by atoms with Gasteiger partial charge >= 0.3 is 0 Å². The van der Waals surface area contributed by atoms with Crippen LogP contribution in [0.3, 0.4) is 0 Å². The number of nitrogens with two attached hydrogens (primary N) is 1. The molecule has 7 nitrogen and oxygen atoms in total. The van der Waals surface area contributed by atoms with E-state index in [1.807, 2.05) is 0 Å². The van der Waals surface area contributed by atoms with Crippen LogP contribution in [0, 0.1) is 0 Å². The van der Waals surface area contributed by atoms with Crippen LogP contribution in [0.15, 0.2) is 65.7 Å². The molecule has 0 fully saturated rings. The summed E-state index contributed by atoms with van der Waals surface area (Å²) in [5.41, 5.74) is 6.41. The number of hydrogen-bond donors (Lipinski definition) is 2. The second kappa shape index (κ2) is 7.21. The summed E-state index contributed by atoms with van der Waals surface area (Å²) in [6.07, 6.45) is -0.0539. The molecule has 2 aromatic carbocycles. The van der Waals surface area contributed by atoms with E-state index in [9.17, 15) is 18.3 Å². The standard InChI is InChI=1S/C20H20N2O5S/c1-20(19(21)24,28(25,26)16-8-6-15(27-2)7-9-16)18(23)14-5-10-17-13(12-14)4-3-11-22-17/h3-12,18,23H,1-2H3,(H2,21,24). The van der Waals surface area contributed by atoms with E-state index in [0.717, 1.165) is 6.92 Å². The van der Waals surface area contributed by atoms with Gasteiger partial charge in [-0.05, 0) is 55.0 Å². The first-order valence-corrected chi connectivity index (χ1v) is 9.91. The van der Waals surface area contributed by atoms with Crippen LogP contribution in [0.4, 0.5) is 0 Å². The number of aromatic nitrogens is 1. The van der Waals surface area contributed by atoms with Crippen LogP contribution in [-0.2, 0) is 14.6 Å². The van der Waals surface area contributed by atoms with E-state index >= 15 is 0 Å². The minimum absolute atomic E-state index is 0.142. The molecule has 0 radical (unpaired) electrons. The van der Waals surface area contributed by atoms with E-state index in [1.165, 1.54) is 37.4 Å². The Hall–Kier alpha value is -2.97. The van der Waals surface area contributed by atoms with Gasteiger partial charge in [-0.2, -0.15) is 0 Å². The van der Waals surface area contributed by atoms with Gasteiger partial charge in [0, 0.05) is 11.6 Å². The number of aliphatic hydroxyl groups excluding tert-OH is 1. The van der Waals surface area contributed by atoms with Gasteiger partial charge in [0.25, 0.3) is 0 Å². The largest absolute Gasteiger partial charge is 0.497 e. The zero-order valence-electron chi connectivity index (χ0n) is 15.4. The summed E-state index contributed by atoms with van der Waals surface area (Å²) in [4.78, 5) is 16.3. The number of methoxy groups -OCH3 is 1. The van der Waals surface area contributed by atoms with Gasteiger partial charge in [0.05, 0.1) is 17.5 Å². The third kappa shape index (κ3) is 3.10. The molecule has 2 unspecified atom stereocenters. The molecule has 3 rings (SSSR count). The minimum Gasteiger partial charge on any atom is -0.497 e. The monoisotopic (exact) mass is 400 g/mol. The maximum Gasteiger partial charge on any atom is 0.242 e. The van der Waals surface area contributed by atoms with Crippen molar-refractivity contribution in [1.82, 2.24) is 4.98 Å². The average Bonchev–Trinajstić information content (AvgIpc) is 2.71. The highest BCUT2D eigenvalue weighted by Gasteiger charge is 2.52. The number of primary amides is 1. The highest BCUT2D eigenvalue weighted by molar-refractivity contribution is 7.93. The average molecular weight is 400 g/mol. The van der Waals surface area contributed by atoms with Crippen molar-refractivity contribution in [2.24, 2.45) is 5.73 Å². The molecule has 0 spiro atoms. The highest BCUT2D eigenvalue weighted by Crippen LogP contribution is 2.38. The number of sulfone groups is 1. The molecule has 1 heterocycles. The summed E-state index contributed by atoms with van der Waals surface area (Å²) in [6.45, 7) is 1.13. The van der Waals surface area contributed by atoms with Crippen molar-refractivity contribution in [3.05, 3.63) is 66.4 Å². The number of ether oxygens (including phenoxy) is 1. The third-order valence-electron chi connectivity index (χ3n) is 4.88. The summed E-state index contributed by atoms with van der Waals surface area (Å²) in [7, 11) is -2.87. The van der Waals surface area contributed by atoms with Crippen LogP contribution < -0.4 is 10.5 Å². The van der Waals surface area contributed by atoms with E-state index in [2.05, 4.69) is 4.98 Å². The molecule has 0 aliphatic rings. The van der Waals surface area contributed by atoms with Crippen LogP contribution in [-0.4, -0.2) is 36.3 Å². The van der Waals surface area contributed by atoms with E-state index < -0.39 is 26.6 Å². The summed E-state index contributed by atoms with van der Waals surface area (Å²) in [5, 5.41) is 11.6. The summed E-state index contributed by atoms with van der Waals surface area (Å²) < 4.78 is 29.3. The summed E-state index contributed by atoms with van der Waals surface area (Å²) in [5.74, 6) is -0.690. The summed E-state index contributed by atoms with van der Waals surface area (Å²) in [6, 6.07) is 13.8. The predicted octanol–water partition coefficient (Wildman–Crippen LogP) is 1.99. The Morgan fingerprint density at radius 2 is 1.86 bits per heavy atom. The lowest BCUT2D eigenvalue weighted by Gasteiger charge is -2.31. The zero-order chi connectivity index (χ0) is 20.5. The highest BCUT2D eigenvalue weighted by atomic mass is 32.2.